The van der Waals surface area contributed by atoms with Crippen LogP contribution in [0.1, 0.15) is 54.0 Å². The Morgan fingerprint density at radius 1 is 1.16 bits per heavy atom. The van der Waals surface area contributed by atoms with Crippen LogP contribution in [-0.4, -0.2) is 31.6 Å². The summed E-state index contributed by atoms with van der Waals surface area (Å²) in [5, 5.41) is 9.38. The normalized spacial score (nSPS) is 17.6. The maximum Gasteiger partial charge on any atom is 0.0991 e. The molecule has 1 fully saturated rings. The van der Waals surface area contributed by atoms with E-state index >= 15 is 0 Å². The van der Waals surface area contributed by atoms with Crippen molar-refractivity contribution in [3.05, 3.63) is 83.1 Å². The number of fused-ring (bicyclic) bond motifs is 2. The second-order valence-corrected chi connectivity index (χ2v) is 9.31. The van der Waals surface area contributed by atoms with Crippen molar-refractivity contribution in [2.75, 3.05) is 31.6 Å². The summed E-state index contributed by atoms with van der Waals surface area (Å²) in [6.07, 6.45) is 4.44. The molecule has 0 aliphatic carbocycles. The van der Waals surface area contributed by atoms with Gasteiger partial charge in [-0.15, -0.1) is 0 Å². The molecule has 3 nitrogen and oxygen atoms in total. The molecule has 0 unspecified atom stereocenters. The van der Waals surface area contributed by atoms with Gasteiger partial charge < -0.3 is 9.80 Å². The maximum atomic E-state index is 9.38. The fraction of sp³-hybridized carbons (Fsp3) is 0.393. The molecular formula is C28H33N3. The average molecular weight is 412 g/mol. The number of aryl methyl sites for hydroxylation is 2. The smallest absolute Gasteiger partial charge is 0.0991 e. The lowest BCUT2D eigenvalue weighted by Crippen LogP contribution is -2.43. The molecule has 2 aromatic carbocycles. The third kappa shape index (κ3) is 3.82. The van der Waals surface area contributed by atoms with E-state index < -0.39 is 0 Å². The van der Waals surface area contributed by atoms with Gasteiger partial charge in [0.2, 0.25) is 0 Å². The quantitative estimate of drug-likeness (QED) is 0.620. The van der Waals surface area contributed by atoms with Crippen molar-refractivity contribution in [3.63, 3.8) is 0 Å². The molecule has 1 saturated heterocycles. The lowest BCUT2D eigenvalue weighted by Gasteiger charge is -2.41. The molecule has 4 rings (SSSR count). The standard InChI is InChI=1S/C28H33N3/c1-20(2)25-10-8-23(17-21(25)3)7-6-14-31-15-12-28(13-16-31)22(4)30(5)27-11-9-24(19-29)18-26(27)28/h8-11,17-18H,1,4,6-7,12-16H2,2-3,5H3. The first-order valence-electron chi connectivity index (χ1n) is 11.3. The SMILES string of the molecule is C=C(C)c1ccc(CCCN2CCC3(CC2)C(=C)N(C)c2ccc(C#N)cc23)cc1C. The van der Waals surface area contributed by atoms with Gasteiger partial charge in [0, 0.05) is 23.8 Å². The molecule has 0 radical (unpaired) electrons. The molecule has 0 aromatic heterocycles. The maximum absolute atomic E-state index is 9.38. The molecule has 3 heteroatoms. The fourth-order valence-electron chi connectivity index (χ4n) is 5.49. The van der Waals surface area contributed by atoms with Gasteiger partial charge in [0.1, 0.15) is 0 Å². The van der Waals surface area contributed by atoms with Crippen LogP contribution in [0.2, 0.25) is 0 Å². The fourth-order valence-corrected chi connectivity index (χ4v) is 5.49. The van der Waals surface area contributed by atoms with Crippen molar-refractivity contribution in [1.82, 2.24) is 4.90 Å². The van der Waals surface area contributed by atoms with Crippen LogP contribution in [0.4, 0.5) is 5.69 Å². The van der Waals surface area contributed by atoms with Crippen molar-refractivity contribution >= 4 is 11.3 Å². The third-order valence-electron chi connectivity index (χ3n) is 7.36. The van der Waals surface area contributed by atoms with Gasteiger partial charge in [-0.1, -0.05) is 36.9 Å². The molecule has 2 heterocycles. The Hall–Kier alpha value is -2.83. The van der Waals surface area contributed by atoms with E-state index in [2.05, 4.69) is 80.3 Å². The number of hydrogen-bond donors (Lipinski definition) is 0. The predicted octanol–water partition coefficient (Wildman–Crippen LogP) is 5.83. The van der Waals surface area contributed by atoms with E-state index in [1.54, 1.807) is 0 Å². The first-order chi connectivity index (χ1) is 14.9. The second-order valence-electron chi connectivity index (χ2n) is 9.31. The molecule has 0 N–H and O–H groups in total. The number of nitriles is 1. The number of likely N-dealkylation sites (N-methyl/N-ethyl adjacent to an activating group) is 1. The lowest BCUT2D eigenvalue weighted by atomic mass is 9.72. The number of benzene rings is 2. The summed E-state index contributed by atoms with van der Waals surface area (Å²) in [7, 11) is 2.11. The Labute approximate surface area is 187 Å². The van der Waals surface area contributed by atoms with Crippen LogP contribution in [0.5, 0.6) is 0 Å². The van der Waals surface area contributed by atoms with Gasteiger partial charge in [-0.3, -0.25) is 0 Å². The van der Waals surface area contributed by atoms with E-state index in [1.807, 2.05) is 6.07 Å². The monoisotopic (exact) mass is 411 g/mol. The van der Waals surface area contributed by atoms with E-state index in [1.165, 1.54) is 40.1 Å². The highest BCUT2D eigenvalue weighted by molar-refractivity contribution is 5.71. The largest absolute Gasteiger partial charge is 0.348 e. The molecule has 2 aliphatic heterocycles. The van der Waals surface area contributed by atoms with Crippen LogP contribution in [0, 0.1) is 18.3 Å². The summed E-state index contributed by atoms with van der Waals surface area (Å²) in [5.74, 6) is 0. The van der Waals surface area contributed by atoms with E-state index in [-0.39, 0.29) is 5.41 Å². The highest BCUT2D eigenvalue weighted by Gasteiger charge is 2.46. The van der Waals surface area contributed by atoms with Crippen molar-refractivity contribution in [1.29, 1.82) is 5.26 Å². The summed E-state index contributed by atoms with van der Waals surface area (Å²) in [6.45, 7) is 16.1. The van der Waals surface area contributed by atoms with Gasteiger partial charge in [0.25, 0.3) is 0 Å². The van der Waals surface area contributed by atoms with Crippen molar-refractivity contribution in [3.8, 4) is 6.07 Å². The number of allylic oxidation sites excluding steroid dienone is 2. The lowest BCUT2D eigenvalue weighted by molar-refractivity contribution is 0.178. The zero-order valence-electron chi connectivity index (χ0n) is 19.2. The minimum absolute atomic E-state index is 0.0110. The second kappa shape index (κ2) is 8.36. The first-order valence-corrected chi connectivity index (χ1v) is 11.3. The van der Waals surface area contributed by atoms with Gasteiger partial charge in [-0.25, -0.2) is 0 Å². The minimum Gasteiger partial charge on any atom is -0.348 e. The van der Waals surface area contributed by atoms with Crippen molar-refractivity contribution in [2.45, 2.75) is 44.9 Å². The summed E-state index contributed by atoms with van der Waals surface area (Å²) in [6, 6.07) is 15.2. The molecule has 2 aromatic rings. The topological polar surface area (TPSA) is 30.3 Å². The third-order valence-corrected chi connectivity index (χ3v) is 7.36. The van der Waals surface area contributed by atoms with E-state index in [9.17, 15) is 5.26 Å². The number of hydrogen-bond acceptors (Lipinski definition) is 3. The zero-order chi connectivity index (χ0) is 22.2. The van der Waals surface area contributed by atoms with Crippen LogP contribution in [0.25, 0.3) is 5.57 Å². The molecule has 0 amide bonds. The van der Waals surface area contributed by atoms with Crippen LogP contribution in [0.15, 0.2) is 55.3 Å². The van der Waals surface area contributed by atoms with E-state index in [4.69, 9.17) is 0 Å². The predicted molar refractivity (Wildman–Crippen MR) is 130 cm³/mol. The molecule has 2 aliphatic rings. The van der Waals surface area contributed by atoms with Gasteiger partial charge in [0.15, 0.2) is 0 Å². The van der Waals surface area contributed by atoms with Gasteiger partial charge in [0.05, 0.1) is 11.6 Å². The van der Waals surface area contributed by atoms with E-state index in [0.29, 0.717) is 0 Å². The van der Waals surface area contributed by atoms with E-state index in [0.717, 1.165) is 50.0 Å². The van der Waals surface area contributed by atoms with Crippen LogP contribution in [0.3, 0.4) is 0 Å². The summed E-state index contributed by atoms with van der Waals surface area (Å²) in [4.78, 5) is 4.82. The Morgan fingerprint density at radius 3 is 2.55 bits per heavy atom. The summed E-state index contributed by atoms with van der Waals surface area (Å²) < 4.78 is 0. The summed E-state index contributed by atoms with van der Waals surface area (Å²) in [5.41, 5.74) is 9.58. The zero-order valence-corrected chi connectivity index (χ0v) is 19.2. The van der Waals surface area contributed by atoms with Crippen molar-refractivity contribution in [2.24, 2.45) is 0 Å². The molecule has 1 spiro atoms. The van der Waals surface area contributed by atoms with Gasteiger partial charge in [-0.2, -0.15) is 5.26 Å². The molecule has 160 valence electrons. The Morgan fingerprint density at radius 2 is 1.90 bits per heavy atom. The minimum atomic E-state index is -0.0110. The number of piperidine rings is 1. The first kappa shape index (κ1) is 21.4. The number of nitrogens with zero attached hydrogens (tertiary/aromatic N) is 3. The Bertz CT molecular complexity index is 1060. The highest BCUT2D eigenvalue weighted by Crippen LogP contribution is 2.52. The van der Waals surface area contributed by atoms with Crippen LogP contribution < -0.4 is 4.90 Å². The van der Waals surface area contributed by atoms with Crippen molar-refractivity contribution < 1.29 is 0 Å². The Balaban J connectivity index is 1.38. The average Bonchev–Trinajstić information content (AvgIpc) is 2.96. The number of anilines is 1. The van der Waals surface area contributed by atoms with Gasteiger partial charge >= 0.3 is 0 Å². The number of rotatable bonds is 5. The number of likely N-dealkylation sites (tertiary alicyclic amines) is 1. The molecule has 0 atom stereocenters. The van der Waals surface area contributed by atoms with Gasteiger partial charge in [-0.05, 0) is 99.6 Å². The highest BCUT2D eigenvalue weighted by atomic mass is 15.2. The summed E-state index contributed by atoms with van der Waals surface area (Å²) >= 11 is 0. The molecule has 0 bridgehead atoms. The molecule has 31 heavy (non-hydrogen) atoms. The molecular weight excluding hydrogens is 378 g/mol. The Kier molecular flexibility index (Phi) is 5.77. The molecule has 0 saturated carbocycles. The van der Waals surface area contributed by atoms with Crippen LogP contribution in [-0.2, 0) is 11.8 Å². The van der Waals surface area contributed by atoms with Crippen LogP contribution >= 0.6 is 0 Å².